The molecule has 31 heavy (non-hydrogen) atoms. The number of hydrazone groups is 1. The molecule has 1 aliphatic heterocycles. The fourth-order valence-corrected chi connectivity index (χ4v) is 3.91. The maximum Gasteiger partial charge on any atom is 0.274 e. The summed E-state index contributed by atoms with van der Waals surface area (Å²) in [6.45, 7) is 0. The second-order valence-electron chi connectivity index (χ2n) is 7.38. The van der Waals surface area contributed by atoms with E-state index in [9.17, 15) is 4.79 Å². The van der Waals surface area contributed by atoms with E-state index < -0.39 is 0 Å². The van der Waals surface area contributed by atoms with Gasteiger partial charge in [0.25, 0.3) is 5.91 Å². The van der Waals surface area contributed by atoms with Crippen LogP contribution in [0.3, 0.4) is 0 Å². The molecule has 2 heterocycles. The lowest BCUT2D eigenvalue weighted by molar-refractivity contribution is 0.0693. The smallest absolute Gasteiger partial charge is 0.274 e. The van der Waals surface area contributed by atoms with Crippen LogP contribution >= 0.6 is 11.6 Å². The van der Waals surface area contributed by atoms with Gasteiger partial charge < -0.3 is 4.42 Å². The topological polar surface area (TPSA) is 45.8 Å². The second-order valence-corrected chi connectivity index (χ2v) is 7.82. The Balaban J connectivity index is 1.46. The van der Waals surface area contributed by atoms with Crippen molar-refractivity contribution < 1.29 is 9.21 Å². The molecule has 1 aromatic heterocycles. The molecular formula is C26H19ClN2O2. The lowest BCUT2D eigenvalue weighted by atomic mass is 10.0. The van der Waals surface area contributed by atoms with Crippen LogP contribution in [0.1, 0.15) is 34.1 Å². The molecule has 0 fully saturated rings. The van der Waals surface area contributed by atoms with Gasteiger partial charge in [0, 0.05) is 17.0 Å². The minimum atomic E-state index is -0.290. The Bertz CT molecular complexity index is 1210. The summed E-state index contributed by atoms with van der Waals surface area (Å²) in [5.74, 6) is 0.548. The zero-order valence-electron chi connectivity index (χ0n) is 16.6. The van der Waals surface area contributed by atoms with Gasteiger partial charge >= 0.3 is 0 Å². The van der Waals surface area contributed by atoms with Crippen molar-refractivity contribution in [3.63, 3.8) is 0 Å². The molecule has 1 amide bonds. The van der Waals surface area contributed by atoms with E-state index in [1.54, 1.807) is 6.26 Å². The molecular weight excluding hydrogens is 408 g/mol. The fraction of sp³-hybridized carbons (Fsp3) is 0.0769. The number of benzene rings is 3. The summed E-state index contributed by atoms with van der Waals surface area (Å²) in [7, 11) is 0. The van der Waals surface area contributed by atoms with E-state index >= 15 is 0 Å². The lowest BCUT2D eigenvalue weighted by Gasteiger charge is -2.20. The quantitative estimate of drug-likeness (QED) is 0.369. The molecule has 152 valence electrons. The molecule has 4 aromatic rings. The van der Waals surface area contributed by atoms with Crippen LogP contribution in [0.2, 0.25) is 5.02 Å². The summed E-state index contributed by atoms with van der Waals surface area (Å²) in [5, 5.41) is 6.87. The highest BCUT2D eigenvalue weighted by Gasteiger charge is 2.35. The van der Waals surface area contributed by atoms with Crippen molar-refractivity contribution >= 4 is 23.2 Å². The van der Waals surface area contributed by atoms with Crippen molar-refractivity contribution in [2.75, 3.05) is 0 Å². The highest BCUT2D eigenvalue weighted by Crippen LogP contribution is 2.34. The van der Waals surface area contributed by atoms with Crippen LogP contribution in [0.25, 0.3) is 11.1 Å². The van der Waals surface area contributed by atoms with E-state index in [0.717, 1.165) is 22.4 Å². The first-order valence-corrected chi connectivity index (χ1v) is 10.4. The first-order chi connectivity index (χ1) is 15.2. The number of amides is 1. The van der Waals surface area contributed by atoms with E-state index in [0.29, 0.717) is 22.8 Å². The van der Waals surface area contributed by atoms with Gasteiger partial charge in [0.15, 0.2) is 0 Å². The van der Waals surface area contributed by atoms with Crippen molar-refractivity contribution in [2.24, 2.45) is 5.10 Å². The first-order valence-electron chi connectivity index (χ1n) is 10.0. The molecule has 0 radical (unpaired) electrons. The third-order valence-electron chi connectivity index (χ3n) is 5.41. The van der Waals surface area contributed by atoms with Crippen molar-refractivity contribution in [1.82, 2.24) is 5.01 Å². The number of furan rings is 1. The van der Waals surface area contributed by atoms with Gasteiger partial charge in [-0.2, -0.15) is 5.10 Å². The average molecular weight is 427 g/mol. The monoisotopic (exact) mass is 426 g/mol. The standard InChI is InChI=1S/C26H19ClN2O2/c27-22-14-12-20(13-15-22)23-17-24(25-7-4-16-31-25)29(28-23)26(30)21-10-8-19(9-11-21)18-5-2-1-3-6-18/h1-16,24H,17H2/t24-/m1/s1. The Hall–Kier alpha value is -3.63. The van der Waals surface area contributed by atoms with Gasteiger partial charge in [-0.1, -0.05) is 66.2 Å². The molecule has 0 N–H and O–H groups in total. The van der Waals surface area contributed by atoms with Crippen LogP contribution in [0.15, 0.2) is 107 Å². The molecule has 4 nitrogen and oxygen atoms in total. The molecule has 3 aromatic carbocycles. The van der Waals surface area contributed by atoms with E-state index in [1.165, 1.54) is 5.01 Å². The Kier molecular flexibility index (Phi) is 5.14. The summed E-state index contributed by atoms with van der Waals surface area (Å²) >= 11 is 6.03. The number of rotatable bonds is 4. The SMILES string of the molecule is O=C(c1ccc(-c2ccccc2)cc1)N1N=C(c2ccc(Cl)cc2)C[C@@H]1c1ccco1. The van der Waals surface area contributed by atoms with Crippen LogP contribution in [0, 0.1) is 0 Å². The van der Waals surface area contributed by atoms with Crippen LogP contribution < -0.4 is 0 Å². The molecule has 0 saturated heterocycles. The summed E-state index contributed by atoms with van der Waals surface area (Å²) in [6.07, 6.45) is 2.19. The minimum Gasteiger partial charge on any atom is -0.467 e. The first kappa shape index (κ1) is 19.3. The zero-order chi connectivity index (χ0) is 21.2. The van der Waals surface area contributed by atoms with Crippen molar-refractivity contribution in [1.29, 1.82) is 0 Å². The number of hydrogen-bond acceptors (Lipinski definition) is 3. The molecule has 0 unspecified atom stereocenters. The van der Waals surface area contributed by atoms with Crippen LogP contribution in [-0.2, 0) is 0 Å². The predicted molar refractivity (Wildman–Crippen MR) is 122 cm³/mol. The van der Waals surface area contributed by atoms with E-state index in [4.69, 9.17) is 16.0 Å². The van der Waals surface area contributed by atoms with Gasteiger partial charge in [-0.25, -0.2) is 5.01 Å². The van der Waals surface area contributed by atoms with Crippen LogP contribution in [-0.4, -0.2) is 16.6 Å². The van der Waals surface area contributed by atoms with Gasteiger partial charge in [-0.3, -0.25) is 4.79 Å². The fourth-order valence-electron chi connectivity index (χ4n) is 3.79. The maximum atomic E-state index is 13.4. The largest absolute Gasteiger partial charge is 0.467 e. The molecule has 0 saturated carbocycles. The normalized spacial score (nSPS) is 15.7. The lowest BCUT2D eigenvalue weighted by Crippen LogP contribution is -2.26. The van der Waals surface area contributed by atoms with Crippen molar-refractivity contribution in [2.45, 2.75) is 12.5 Å². The van der Waals surface area contributed by atoms with Crippen molar-refractivity contribution in [3.8, 4) is 11.1 Å². The molecule has 5 heteroatoms. The Labute approximate surface area is 185 Å². The molecule has 0 bridgehead atoms. The number of carbonyl (C=O) groups excluding carboxylic acids is 1. The molecule has 1 atom stereocenters. The zero-order valence-corrected chi connectivity index (χ0v) is 17.4. The summed E-state index contributed by atoms with van der Waals surface area (Å²) < 4.78 is 5.63. The van der Waals surface area contributed by atoms with Crippen molar-refractivity contribution in [3.05, 3.63) is 119 Å². The summed E-state index contributed by atoms with van der Waals surface area (Å²) in [5.41, 5.74) is 4.52. The average Bonchev–Trinajstić information content (AvgIpc) is 3.50. The summed E-state index contributed by atoms with van der Waals surface area (Å²) in [6, 6.07) is 28.6. The highest BCUT2D eigenvalue weighted by atomic mass is 35.5. The van der Waals surface area contributed by atoms with Gasteiger partial charge in [-0.05, 0) is 53.1 Å². The van der Waals surface area contributed by atoms with E-state index in [2.05, 4.69) is 5.10 Å². The Morgan fingerprint density at radius 3 is 2.19 bits per heavy atom. The molecule has 0 aliphatic carbocycles. The molecule has 0 spiro atoms. The van der Waals surface area contributed by atoms with Gasteiger partial charge in [-0.15, -0.1) is 0 Å². The number of nitrogens with zero attached hydrogens (tertiary/aromatic N) is 2. The summed E-state index contributed by atoms with van der Waals surface area (Å²) in [4.78, 5) is 13.4. The third kappa shape index (κ3) is 3.90. The van der Waals surface area contributed by atoms with Crippen LogP contribution in [0.4, 0.5) is 0 Å². The minimum absolute atomic E-state index is 0.162. The molecule has 1 aliphatic rings. The van der Waals surface area contributed by atoms with Gasteiger partial charge in [0.1, 0.15) is 11.8 Å². The number of halogens is 1. The number of hydrogen-bond donors (Lipinski definition) is 0. The third-order valence-corrected chi connectivity index (χ3v) is 5.66. The molecule has 5 rings (SSSR count). The Morgan fingerprint density at radius 1 is 0.839 bits per heavy atom. The van der Waals surface area contributed by atoms with Gasteiger partial charge in [0.2, 0.25) is 0 Å². The predicted octanol–water partition coefficient (Wildman–Crippen LogP) is 6.59. The van der Waals surface area contributed by atoms with E-state index in [-0.39, 0.29) is 11.9 Å². The van der Waals surface area contributed by atoms with Gasteiger partial charge in [0.05, 0.1) is 12.0 Å². The van der Waals surface area contributed by atoms with E-state index in [1.807, 2.05) is 91.0 Å². The van der Waals surface area contributed by atoms with Crippen LogP contribution in [0.5, 0.6) is 0 Å². The highest BCUT2D eigenvalue weighted by molar-refractivity contribution is 6.30. The second kappa shape index (κ2) is 8.25. The number of carbonyl (C=O) groups is 1. The maximum absolute atomic E-state index is 13.4. The Morgan fingerprint density at radius 2 is 1.52 bits per heavy atom.